The zero-order valence-electron chi connectivity index (χ0n) is 22.7. The predicted octanol–water partition coefficient (Wildman–Crippen LogP) is 5.43. The summed E-state index contributed by atoms with van der Waals surface area (Å²) in [6, 6.07) is 18.9. The Hall–Kier alpha value is -3.65. The number of methoxy groups -OCH3 is 1. The predicted molar refractivity (Wildman–Crippen MR) is 158 cm³/mol. The third-order valence-electron chi connectivity index (χ3n) is 8.18. The van der Waals surface area contributed by atoms with Gasteiger partial charge in [0.25, 0.3) is 5.91 Å². The number of ether oxygens (including phenoxy) is 1. The molecule has 2 fully saturated rings. The lowest BCUT2D eigenvalue weighted by molar-refractivity contribution is 0.0695. The molecule has 8 heteroatoms. The van der Waals surface area contributed by atoms with E-state index in [-0.39, 0.29) is 5.91 Å². The minimum Gasteiger partial charge on any atom is -0.495 e. The maximum atomic E-state index is 13.7. The maximum absolute atomic E-state index is 13.7. The van der Waals surface area contributed by atoms with Crippen LogP contribution in [-0.4, -0.2) is 67.2 Å². The molecule has 4 heterocycles. The molecule has 2 aliphatic heterocycles. The van der Waals surface area contributed by atoms with Crippen LogP contribution in [0.15, 0.2) is 60.9 Å². The fourth-order valence-electron chi connectivity index (χ4n) is 5.98. The number of carbonyl (C=O) groups is 1. The molecule has 0 radical (unpaired) electrons. The average molecular weight is 542 g/mol. The van der Waals surface area contributed by atoms with Crippen LogP contribution < -0.4 is 14.5 Å². The summed E-state index contributed by atoms with van der Waals surface area (Å²) in [6.07, 6.45) is 4.83. The zero-order valence-corrected chi connectivity index (χ0v) is 23.5. The largest absolute Gasteiger partial charge is 0.495 e. The number of piperazine rings is 1. The molecule has 0 aliphatic carbocycles. The van der Waals surface area contributed by atoms with Crippen molar-refractivity contribution < 1.29 is 9.53 Å². The van der Waals surface area contributed by atoms with Gasteiger partial charge in [-0.3, -0.25) is 4.79 Å². The minimum atomic E-state index is 0.139. The number of aryl methyl sites for hydroxylation is 1. The molecule has 2 saturated heterocycles. The van der Waals surface area contributed by atoms with Crippen molar-refractivity contribution >= 4 is 39.0 Å². The Kier molecular flexibility index (Phi) is 7.37. The smallest absolute Gasteiger partial charge is 0.264 e. The van der Waals surface area contributed by atoms with Gasteiger partial charge in [0.1, 0.15) is 22.7 Å². The number of piperidine rings is 1. The van der Waals surface area contributed by atoms with E-state index in [1.807, 2.05) is 17.0 Å². The van der Waals surface area contributed by atoms with Gasteiger partial charge in [0.05, 0.1) is 23.1 Å². The van der Waals surface area contributed by atoms with E-state index in [0.717, 1.165) is 96.4 Å². The fraction of sp³-hybridized carbons (Fsp3) is 0.387. The number of hydrogen-bond acceptors (Lipinski definition) is 7. The summed E-state index contributed by atoms with van der Waals surface area (Å²) in [5.41, 5.74) is 3.52. The second-order valence-corrected chi connectivity index (χ2v) is 11.5. The van der Waals surface area contributed by atoms with Crippen LogP contribution >= 0.6 is 11.3 Å². The molecule has 2 aromatic carbocycles. The summed E-state index contributed by atoms with van der Waals surface area (Å²) in [5.74, 6) is 2.61. The number of fused-ring (bicyclic) bond motifs is 1. The van der Waals surface area contributed by atoms with Crippen molar-refractivity contribution in [2.75, 3.05) is 56.2 Å². The van der Waals surface area contributed by atoms with Crippen LogP contribution in [-0.2, 0) is 6.42 Å². The van der Waals surface area contributed by atoms with Gasteiger partial charge >= 0.3 is 0 Å². The normalized spacial score (nSPS) is 16.6. The third-order valence-corrected chi connectivity index (χ3v) is 9.36. The number of hydrogen-bond donors (Lipinski definition) is 0. The quantitative estimate of drug-likeness (QED) is 0.324. The molecule has 202 valence electrons. The maximum Gasteiger partial charge on any atom is 0.264 e. The summed E-state index contributed by atoms with van der Waals surface area (Å²) in [5, 5.41) is 1.02. The summed E-state index contributed by atoms with van der Waals surface area (Å²) < 4.78 is 5.58. The Morgan fingerprint density at radius 3 is 2.36 bits per heavy atom. The van der Waals surface area contributed by atoms with E-state index < -0.39 is 0 Å². The Bertz CT molecular complexity index is 1440. The van der Waals surface area contributed by atoms with E-state index in [1.54, 1.807) is 13.4 Å². The highest BCUT2D eigenvalue weighted by Crippen LogP contribution is 2.37. The van der Waals surface area contributed by atoms with Crippen molar-refractivity contribution in [2.45, 2.75) is 26.2 Å². The first kappa shape index (κ1) is 25.6. The van der Waals surface area contributed by atoms with Crippen LogP contribution in [0.25, 0.3) is 10.2 Å². The van der Waals surface area contributed by atoms with Crippen molar-refractivity contribution in [3.8, 4) is 5.75 Å². The molecule has 0 spiro atoms. The highest BCUT2D eigenvalue weighted by molar-refractivity contribution is 7.20. The Labute approximate surface area is 234 Å². The summed E-state index contributed by atoms with van der Waals surface area (Å²) in [6.45, 7) is 7.12. The first-order chi connectivity index (χ1) is 19.1. The number of rotatable bonds is 6. The van der Waals surface area contributed by atoms with E-state index in [2.05, 4.69) is 64.2 Å². The zero-order chi connectivity index (χ0) is 26.8. The second-order valence-electron chi connectivity index (χ2n) is 10.5. The van der Waals surface area contributed by atoms with Crippen LogP contribution in [0.1, 0.15) is 33.6 Å². The third kappa shape index (κ3) is 5.17. The SMILES string of the molecule is COc1ccccc1N1CCN(c2ncnc3sc(C(=O)N4CCC(Cc5ccccc5)CC4)c(C)c23)CC1. The highest BCUT2D eigenvalue weighted by Gasteiger charge is 2.29. The minimum absolute atomic E-state index is 0.139. The van der Waals surface area contributed by atoms with Crippen LogP contribution in [0, 0.1) is 12.8 Å². The van der Waals surface area contributed by atoms with E-state index in [4.69, 9.17) is 9.72 Å². The standard InChI is InChI=1S/C31H35N5O2S/c1-22-27-29(35-18-16-34(17-19-35)25-10-6-7-11-26(25)38-2)32-21-33-30(27)39-28(22)31(37)36-14-12-24(13-15-36)20-23-8-4-3-5-9-23/h3-11,21,24H,12-20H2,1-2H3. The molecule has 39 heavy (non-hydrogen) atoms. The van der Waals surface area contributed by atoms with Gasteiger partial charge in [-0.05, 0) is 55.4 Å². The topological polar surface area (TPSA) is 61.8 Å². The molecular weight excluding hydrogens is 506 g/mol. The number of anilines is 2. The molecule has 2 aliphatic rings. The van der Waals surface area contributed by atoms with E-state index >= 15 is 0 Å². The van der Waals surface area contributed by atoms with Gasteiger partial charge < -0.3 is 19.4 Å². The van der Waals surface area contributed by atoms with Gasteiger partial charge in [-0.25, -0.2) is 9.97 Å². The van der Waals surface area contributed by atoms with Crippen LogP contribution in [0.5, 0.6) is 5.75 Å². The van der Waals surface area contributed by atoms with Crippen molar-refractivity contribution in [1.29, 1.82) is 0 Å². The second kappa shape index (κ2) is 11.2. The van der Waals surface area contributed by atoms with Crippen molar-refractivity contribution in [3.05, 3.63) is 76.9 Å². The number of likely N-dealkylation sites (tertiary alicyclic amines) is 1. The van der Waals surface area contributed by atoms with Gasteiger partial charge in [0.15, 0.2) is 0 Å². The number of para-hydroxylation sites is 2. The molecule has 0 bridgehead atoms. The lowest BCUT2D eigenvalue weighted by Crippen LogP contribution is -2.47. The molecule has 2 aromatic heterocycles. The highest BCUT2D eigenvalue weighted by atomic mass is 32.1. The van der Waals surface area contributed by atoms with Gasteiger partial charge in [-0.15, -0.1) is 11.3 Å². The summed E-state index contributed by atoms with van der Waals surface area (Å²) >= 11 is 1.51. The van der Waals surface area contributed by atoms with E-state index in [9.17, 15) is 4.79 Å². The molecule has 6 rings (SSSR count). The molecule has 4 aromatic rings. The Morgan fingerprint density at radius 1 is 0.923 bits per heavy atom. The average Bonchev–Trinajstić information content (AvgIpc) is 3.34. The summed E-state index contributed by atoms with van der Waals surface area (Å²) in [4.78, 5) is 31.4. The fourth-order valence-corrected chi connectivity index (χ4v) is 7.09. The monoisotopic (exact) mass is 541 g/mol. The van der Waals surface area contributed by atoms with Crippen LogP contribution in [0.2, 0.25) is 0 Å². The Balaban J connectivity index is 1.15. The Morgan fingerprint density at radius 2 is 1.62 bits per heavy atom. The lowest BCUT2D eigenvalue weighted by Gasteiger charge is -2.37. The number of thiophene rings is 1. The van der Waals surface area contributed by atoms with E-state index in [0.29, 0.717) is 5.92 Å². The van der Waals surface area contributed by atoms with Crippen molar-refractivity contribution in [2.24, 2.45) is 5.92 Å². The number of aromatic nitrogens is 2. The number of benzene rings is 2. The number of carbonyl (C=O) groups excluding carboxylic acids is 1. The molecule has 0 atom stereocenters. The van der Waals surface area contributed by atoms with E-state index in [1.165, 1.54) is 16.9 Å². The molecule has 0 unspecified atom stereocenters. The first-order valence-electron chi connectivity index (χ1n) is 13.8. The molecule has 0 N–H and O–H groups in total. The number of amides is 1. The van der Waals surface area contributed by atoms with Gasteiger partial charge in [-0.2, -0.15) is 0 Å². The molecule has 1 amide bonds. The van der Waals surface area contributed by atoms with Crippen molar-refractivity contribution in [1.82, 2.24) is 14.9 Å². The summed E-state index contributed by atoms with van der Waals surface area (Å²) in [7, 11) is 1.72. The van der Waals surface area contributed by atoms with Crippen molar-refractivity contribution in [3.63, 3.8) is 0 Å². The molecule has 0 saturated carbocycles. The lowest BCUT2D eigenvalue weighted by atomic mass is 9.90. The van der Waals surface area contributed by atoms with Gasteiger partial charge in [-0.1, -0.05) is 42.5 Å². The van der Waals surface area contributed by atoms with Crippen LogP contribution in [0.3, 0.4) is 0 Å². The molecular formula is C31H35N5O2S. The van der Waals surface area contributed by atoms with Gasteiger partial charge in [0.2, 0.25) is 0 Å². The molecule has 7 nitrogen and oxygen atoms in total. The van der Waals surface area contributed by atoms with Crippen LogP contribution in [0.4, 0.5) is 11.5 Å². The number of nitrogens with zero attached hydrogens (tertiary/aromatic N) is 5. The van der Waals surface area contributed by atoms with Gasteiger partial charge in [0, 0.05) is 39.3 Å². The first-order valence-corrected chi connectivity index (χ1v) is 14.6.